The van der Waals surface area contributed by atoms with Gasteiger partial charge in [-0.25, -0.2) is 14.1 Å². The Morgan fingerprint density at radius 2 is 1.58 bits per heavy atom. The standard InChI is InChI=1S/C43H51FN8O3/c1-3-39-36(40(50-34-15-19-55-20-16-34)37-27-49-52(4-2)41(37)51-39)26-48-43(54)32-10-6-9-31(23-32)42(53)47-25-29-11-12-38(44)35(22-29)30-8-5-7-28(21-30)24-46-33-13-17-45-18-14-33/h5-12,21-23,27,33-34,45-46H,3-4,13-20,24-26H2,1-2H3,(H,47,53)(H,48,54)(H,50,51). The number of hydrogen-bond donors (Lipinski definition) is 5. The number of benzene rings is 3. The van der Waals surface area contributed by atoms with Crippen molar-refractivity contribution in [3.63, 3.8) is 0 Å². The van der Waals surface area contributed by atoms with E-state index in [0.717, 1.165) is 90.0 Å². The topological polar surface area (TPSA) is 134 Å². The molecule has 5 aromatic rings. The van der Waals surface area contributed by atoms with Gasteiger partial charge in [-0.15, -0.1) is 0 Å². The van der Waals surface area contributed by atoms with Crippen molar-refractivity contribution in [2.75, 3.05) is 31.6 Å². The molecule has 2 fully saturated rings. The van der Waals surface area contributed by atoms with E-state index in [-0.39, 0.29) is 36.8 Å². The molecule has 5 N–H and O–H groups in total. The van der Waals surface area contributed by atoms with E-state index in [1.54, 1.807) is 36.4 Å². The van der Waals surface area contributed by atoms with E-state index >= 15 is 4.39 Å². The number of anilines is 1. The fourth-order valence-electron chi connectivity index (χ4n) is 7.50. The molecule has 4 heterocycles. The van der Waals surface area contributed by atoms with Crippen LogP contribution in [0.2, 0.25) is 0 Å². The predicted octanol–water partition coefficient (Wildman–Crippen LogP) is 6.11. The molecule has 12 heteroatoms. The molecule has 0 bridgehead atoms. The molecule has 0 unspecified atom stereocenters. The fourth-order valence-corrected chi connectivity index (χ4v) is 7.50. The van der Waals surface area contributed by atoms with E-state index < -0.39 is 0 Å². The largest absolute Gasteiger partial charge is 0.381 e. The zero-order chi connectivity index (χ0) is 38.1. The minimum Gasteiger partial charge on any atom is -0.381 e. The first-order chi connectivity index (χ1) is 26.9. The van der Waals surface area contributed by atoms with Gasteiger partial charge in [-0.2, -0.15) is 5.10 Å². The number of pyridine rings is 1. The number of nitrogens with one attached hydrogen (secondary N) is 5. The van der Waals surface area contributed by atoms with Gasteiger partial charge in [0.1, 0.15) is 5.82 Å². The third-order valence-corrected chi connectivity index (χ3v) is 10.6. The average molecular weight is 747 g/mol. The van der Waals surface area contributed by atoms with Crippen LogP contribution in [0.25, 0.3) is 22.2 Å². The number of amides is 2. The first kappa shape index (κ1) is 38.1. The molecule has 2 aromatic heterocycles. The lowest BCUT2D eigenvalue weighted by Gasteiger charge is -2.26. The van der Waals surface area contributed by atoms with Crippen molar-refractivity contribution in [3.8, 4) is 11.1 Å². The highest BCUT2D eigenvalue weighted by Gasteiger charge is 2.23. The molecule has 11 nitrogen and oxygen atoms in total. The van der Waals surface area contributed by atoms with Gasteiger partial charge in [-0.1, -0.05) is 37.3 Å². The van der Waals surface area contributed by atoms with Crippen molar-refractivity contribution in [1.82, 2.24) is 36.0 Å². The number of aromatic nitrogens is 3. The number of carbonyl (C=O) groups is 2. The smallest absolute Gasteiger partial charge is 0.251 e. The first-order valence-electron chi connectivity index (χ1n) is 19.6. The summed E-state index contributed by atoms with van der Waals surface area (Å²) >= 11 is 0. The second-order valence-corrected chi connectivity index (χ2v) is 14.4. The van der Waals surface area contributed by atoms with E-state index in [0.29, 0.717) is 48.9 Å². The summed E-state index contributed by atoms with van der Waals surface area (Å²) < 4.78 is 22.6. The van der Waals surface area contributed by atoms with E-state index in [1.165, 1.54) is 6.07 Å². The van der Waals surface area contributed by atoms with E-state index in [4.69, 9.17) is 9.72 Å². The van der Waals surface area contributed by atoms with Crippen LogP contribution in [0.1, 0.15) is 82.6 Å². The molecule has 2 amide bonds. The molecule has 0 atom stereocenters. The summed E-state index contributed by atoms with van der Waals surface area (Å²) in [4.78, 5) is 31.9. The van der Waals surface area contributed by atoms with Crippen molar-refractivity contribution in [1.29, 1.82) is 0 Å². The molecule has 0 spiro atoms. The number of fused-ring (bicyclic) bond motifs is 1. The average Bonchev–Trinajstić information content (AvgIpc) is 3.65. The minimum absolute atomic E-state index is 0.201. The maximum Gasteiger partial charge on any atom is 0.251 e. The lowest BCUT2D eigenvalue weighted by Crippen LogP contribution is -2.39. The van der Waals surface area contributed by atoms with Crippen LogP contribution in [0.3, 0.4) is 0 Å². The summed E-state index contributed by atoms with van der Waals surface area (Å²) in [5, 5.41) is 22.3. The number of ether oxygens (including phenoxy) is 1. The molecule has 0 radical (unpaired) electrons. The SMILES string of the molecule is CCc1nc2c(cnn2CC)c(NC2CCOCC2)c1CNC(=O)c1cccc(C(=O)NCc2ccc(F)c(-c3cccc(CNC4CCNCC4)c3)c2)c1. The van der Waals surface area contributed by atoms with Crippen LogP contribution in [0, 0.1) is 5.82 Å². The van der Waals surface area contributed by atoms with Crippen LogP contribution < -0.4 is 26.6 Å². The summed E-state index contributed by atoms with van der Waals surface area (Å²) in [5.74, 6) is -0.943. The van der Waals surface area contributed by atoms with Gasteiger partial charge < -0.3 is 31.3 Å². The third kappa shape index (κ3) is 9.21. The minimum atomic E-state index is -0.328. The Hall–Kier alpha value is -5.17. The zero-order valence-corrected chi connectivity index (χ0v) is 31.7. The summed E-state index contributed by atoms with van der Waals surface area (Å²) in [5.41, 5.74) is 7.46. The summed E-state index contributed by atoms with van der Waals surface area (Å²) in [6.07, 6.45) is 6.50. The van der Waals surface area contributed by atoms with Crippen molar-refractivity contribution in [3.05, 3.63) is 112 Å². The van der Waals surface area contributed by atoms with Gasteiger partial charge in [-0.3, -0.25) is 9.59 Å². The Morgan fingerprint density at radius 3 is 2.33 bits per heavy atom. The van der Waals surface area contributed by atoms with Crippen LogP contribution in [0.5, 0.6) is 0 Å². The van der Waals surface area contributed by atoms with Gasteiger partial charge in [0, 0.05) is 79.4 Å². The zero-order valence-electron chi connectivity index (χ0n) is 31.7. The predicted molar refractivity (Wildman–Crippen MR) is 213 cm³/mol. The molecule has 0 aliphatic carbocycles. The van der Waals surface area contributed by atoms with Crippen LogP contribution in [-0.4, -0.2) is 65.0 Å². The van der Waals surface area contributed by atoms with E-state index in [2.05, 4.69) is 44.7 Å². The Labute approximate surface area is 321 Å². The number of aryl methyl sites for hydroxylation is 2. The highest BCUT2D eigenvalue weighted by Crippen LogP contribution is 2.31. The van der Waals surface area contributed by atoms with Gasteiger partial charge in [-0.05, 0) is 105 Å². The Morgan fingerprint density at radius 1 is 0.855 bits per heavy atom. The van der Waals surface area contributed by atoms with Crippen LogP contribution in [-0.2, 0) is 37.3 Å². The summed E-state index contributed by atoms with van der Waals surface area (Å²) in [6, 6.07) is 20.2. The number of nitrogens with zero attached hydrogens (tertiary/aromatic N) is 3. The Kier molecular flexibility index (Phi) is 12.5. The quantitative estimate of drug-likeness (QED) is 0.0920. The van der Waals surface area contributed by atoms with Crippen molar-refractivity contribution in [2.24, 2.45) is 0 Å². The summed E-state index contributed by atoms with van der Waals surface area (Å²) in [7, 11) is 0. The molecular formula is C43H51FN8O3. The lowest BCUT2D eigenvalue weighted by molar-refractivity contribution is 0.0904. The molecule has 3 aromatic carbocycles. The maximum absolute atomic E-state index is 15.1. The number of carbonyl (C=O) groups excluding carboxylic acids is 2. The van der Waals surface area contributed by atoms with Gasteiger partial charge >= 0.3 is 0 Å². The molecule has 0 saturated carbocycles. The van der Waals surface area contributed by atoms with Gasteiger partial charge in [0.2, 0.25) is 0 Å². The van der Waals surface area contributed by atoms with Gasteiger partial charge in [0.25, 0.3) is 11.8 Å². The fraction of sp³-hybridized carbons (Fsp3) is 0.395. The Balaban J connectivity index is 1.01. The summed E-state index contributed by atoms with van der Waals surface area (Å²) in [6.45, 7) is 9.43. The maximum atomic E-state index is 15.1. The first-order valence-corrected chi connectivity index (χ1v) is 19.6. The third-order valence-electron chi connectivity index (χ3n) is 10.6. The highest BCUT2D eigenvalue weighted by molar-refractivity contribution is 6.00. The van der Waals surface area contributed by atoms with Gasteiger partial charge in [0.05, 0.1) is 17.3 Å². The number of piperidine rings is 1. The molecule has 55 heavy (non-hydrogen) atoms. The molecule has 2 aliphatic heterocycles. The normalized spacial score (nSPS) is 15.3. The van der Waals surface area contributed by atoms with Crippen LogP contribution in [0.4, 0.5) is 10.1 Å². The van der Waals surface area contributed by atoms with Crippen molar-refractivity contribution >= 4 is 28.5 Å². The second kappa shape index (κ2) is 18.0. The highest BCUT2D eigenvalue weighted by atomic mass is 19.1. The van der Waals surface area contributed by atoms with Crippen LogP contribution >= 0.6 is 0 Å². The van der Waals surface area contributed by atoms with E-state index in [1.807, 2.05) is 36.0 Å². The molecule has 288 valence electrons. The van der Waals surface area contributed by atoms with Crippen LogP contribution in [0.15, 0.2) is 72.9 Å². The second-order valence-electron chi connectivity index (χ2n) is 14.4. The monoisotopic (exact) mass is 746 g/mol. The lowest BCUT2D eigenvalue weighted by atomic mass is 9.99. The molecule has 7 rings (SSSR count). The molecular weight excluding hydrogens is 696 g/mol. The molecule has 2 saturated heterocycles. The number of hydrogen-bond acceptors (Lipinski definition) is 8. The molecule has 2 aliphatic rings. The van der Waals surface area contributed by atoms with Gasteiger partial charge in [0.15, 0.2) is 5.65 Å². The Bertz CT molecular complexity index is 2120. The van der Waals surface area contributed by atoms with Crippen molar-refractivity contribution < 1.29 is 18.7 Å². The van der Waals surface area contributed by atoms with E-state index in [9.17, 15) is 9.59 Å². The van der Waals surface area contributed by atoms with Crippen molar-refractivity contribution in [2.45, 2.75) is 84.2 Å². The number of rotatable bonds is 14. The number of halogens is 1.